The number of rotatable bonds is 42. The smallest absolute Gasteiger partial charge is 0.305 e. The van der Waals surface area contributed by atoms with E-state index in [1.54, 1.807) is 12.1 Å². The Kier molecular flexibility index (Phi) is 36.1. The molecule has 0 fully saturated rings. The van der Waals surface area contributed by atoms with Gasteiger partial charge < -0.3 is 42.6 Å². The molecule has 13 nitrogen and oxygen atoms in total. The van der Waals surface area contributed by atoms with Gasteiger partial charge in [-0.05, 0) is 18.6 Å². The van der Waals surface area contributed by atoms with Crippen LogP contribution in [0.15, 0.2) is 24.3 Å². The summed E-state index contributed by atoms with van der Waals surface area (Å²) >= 11 is 0. The largest absolute Gasteiger partial charge is 0.491 e. The first-order valence-corrected chi connectivity index (χ1v) is 20.2. The molecule has 0 saturated heterocycles. The van der Waals surface area contributed by atoms with Gasteiger partial charge in [0.1, 0.15) is 19.0 Å². The predicted molar refractivity (Wildman–Crippen MR) is 205 cm³/mol. The van der Waals surface area contributed by atoms with Crippen molar-refractivity contribution >= 4 is 11.7 Å². The molecular formula is C40H71NO12. The van der Waals surface area contributed by atoms with Crippen LogP contribution in [0.5, 0.6) is 5.75 Å². The lowest BCUT2D eigenvalue weighted by Gasteiger charge is -2.09. The third kappa shape index (κ3) is 35.1. The zero-order valence-corrected chi connectivity index (χ0v) is 32.8. The molecule has 53 heavy (non-hydrogen) atoms. The van der Waals surface area contributed by atoms with Crippen LogP contribution in [-0.4, -0.2) is 117 Å². The summed E-state index contributed by atoms with van der Waals surface area (Å²) < 4.78 is 49.0. The van der Waals surface area contributed by atoms with E-state index >= 15 is 0 Å². The molecule has 0 aliphatic carbocycles. The lowest BCUT2D eigenvalue weighted by Crippen LogP contribution is -2.15. The summed E-state index contributed by atoms with van der Waals surface area (Å²) in [4.78, 5) is 22.1. The van der Waals surface area contributed by atoms with Crippen LogP contribution in [-0.2, 0) is 42.7 Å². The van der Waals surface area contributed by atoms with Gasteiger partial charge in [-0.15, -0.1) is 0 Å². The molecule has 0 aromatic heterocycles. The van der Waals surface area contributed by atoms with E-state index in [2.05, 4.69) is 6.92 Å². The van der Waals surface area contributed by atoms with Crippen LogP contribution in [0.25, 0.3) is 0 Å². The monoisotopic (exact) mass is 757 g/mol. The Morgan fingerprint density at radius 2 is 0.792 bits per heavy atom. The van der Waals surface area contributed by atoms with E-state index in [1.807, 2.05) is 0 Å². The van der Waals surface area contributed by atoms with Gasteiger partial charge in [0, 0.05) is 18.6 Å². The van der Waals surface area contributed by atoms with Crippen molar-refractivity contribution in [2.45, 2.75) is 110 Å². The van der Waals surface area contributed by atoms with Crippen molar-refractivity contribution in [2.75, 3.05) is 106 Å². The number of carbonyl (C=O) groups is 1. The van der Waals surface area contributed by atoms with Gasteiger partial charge in [-0.25, -0.2) is 0 Å². The van der Waals surface area contributed by atoms with E-state index in [4.69, 9.17) is 42.6 Å². The highest BCUT2D eigenvalue weighted by Crippen LogP contribution is 2.17. The minimum absolute atomic E-state index is 0.0258. The van der Waals surface area contributed by atoms with Gasteiger partial charge in [0.2, 0.25) is 0 Å². The molecule has 0 saturated carbocycles. The van der Waals surface area contributed by atoms with Crippen molar-refractivity contribution in [3.63, 3.8) is 0 Å². The molecule has 1 aromatic rings. The molecule has 0 unspecified atom stereocenters. The number of nitro benzene ring substituents is 1. The highest BCUT2D eigenvalue weighted by atomic mass is 16.6. The average Bonchev–Trinajstić information content (AvgIpc) is 3.16. The zero-order chi connectivity index (χ0) is 38.1. The van der Waals surface area contributed by atoms with Crippen molar-refractivity contribution in [1.29, 1.82) is 0 Å². The van der Waals surface area contributed by atoms with Gasteiger partial charge in [-0.2, -0.15) is 0 Å². The quantitative estimate of drug-likeness (QED) is 0.0277. The van der Waals surface area contributed by atoms with Gasteiger partial charge in [-0.3, -0.25) is 14.9 Å². The molecular weight excluding hydrogens is 686 g/mol. The average molecular weight is 758 g/mol. The third-order valence-corrected chi connectivity index (χ3v) is 8.25. The lowest BCUT2D eigenvalue weighted by molar-refractivity contribution is -0.384. The summed E-state index contributed by atoms with van der Waals surface area (Å²) in [6.45, 7) is 9.23. The summed E-state index contributed by atoms with van der Waals surface area (Å²) in [7, 11) is 0. The number of hydrogen-bond donors (Lipinski definition) is 0. The van der Waals surface area contributed by atoms with E-state index < -0.39 is 4.92 Å². The Hall–Kier alpha value is -2.39. The second kappa shape index (κ2) is 39.3. The van der Waals surface area contributed by atoms with Crippen LogP contribution in [0, 0.1) is 10.1 Å². The maximum absolute atomic E-state index is 11.9. The van der Waals surface area contributed by atoms with Gasteiger partial charge in [0.05, 0.1) is 97.4 Å². The van der Waals surface area contributed by atoms with Crippen molar-refractivity contribution < 1.29 is 52.3 Å². The van der Waals surface area contributed by atoms with Crippen LogP contribution in [0.4, 0.5) is 5.69 Å². The van der Waals surface area contributed by atoms with Gasteiger partial charge in [0.25, 0.3) is 5.69 Å². The number of carbonyl (C=O) groups excluding carboxylic acids is 1. The number of unbranched alkanes of at least 4 members (excludes halogenated alkanes) is 14. The van der Waals surface area contributed by atoms with Crippen LogP contribution in [0.1, 0.15) is 110 Å². The Balaban J connectivity index is 1.67. The minimum atomic E-state index is -0.450. The standard InChI is InChI=1S/C40H71NO12/c1-2-3-4-5-6-7-8-9-10-11-12-13-14-15-16-17-40(42)53-37-35-51-33-31-49-29-27-47-25-23-45-22-24-46-26-28-48-30-32-50-34-36-52-39-20-18-38(19-21-39)41(43)44/h18-21H,2-17,22-37H2,1H3. The van der Waals surface area contributed by atoms with E-state index in [-0.39, 0.29) is 18.3 Å². The number of esters is 1. The maximum atomic E-state index is 11.9. The molecule has 0 atom stereocenters. The molecule has 0 aliphatic heterocycles. The molecule has 0 N–H and O–H groups in total. The highest BCUT2D eigenvalue weighted by Gasteiger charge is 2.05. The van der Waals surface area contributed by atoms with Crippen molar-refractivity contribution in [3.05, 3.63) is 34.4 Å². The van der Waals surface area contributed by atoms with Crippen LogP contribution in [0.3, 0.4) is 0 Å². The number of nitrogens with zero attached hydrogens (tertiary/aromatic N) is 1. The van der Waals surface area contributed by atoms with Gasteiger partial charge in [-0.1, -0.05) is 96.8 Å². The molecule has 1 aromatic carbocycles. The summed E-state index contributed by atoms with van der Waals surface area (Å²) in [5.74, 6) is 0.419. The first-order valence-electron chi connectivity index (χ1n) is 20.2. The lowest BCUT2D eigenvalue weighted by atomic mass is 10.0. The zero-order valence-electron chi connectivity index (χ0n) is 32.8. The fraction of sp³-hybridized carbons (Fsp3) is 0.825. The topological polar surface area (TPSA) is 143 Å². The van der Waals surface area contributed by atoms with Gasteiger partial charge in [0.15, 0.2) is 0 Å². The maximum Gasteiger partial charge on any atom is 0.305 e. The normalized spacial score (nSPS) is 11.3. The second-order valence-electron chi connectivity index (χ2n) is 12.8. The molecule has 0 heterocycles. The molecule has 0 aliphatic rings. The molecule has 0 radical (unpaired) electrons. The van der Waals surface area contributed by atoms with E-state index in [1.165, 1.54) is 95.6 Å². The molecule has 0 spiro atoms. The molecule has 0 amide bonds. The number of hydrogen-bond acceptors (Lipinski definition) is 12. The predicted octanol–water partition coefficient (Wildman–Crippen LogP) is 7.89. The molecule has 0 bridgehead atoms. The SMILES string of the molecule is CCCCCCCCCCCCCCCCCC(=O)OCCOCCOCCOCCOCCOCCOCCOCCOc1ccc([N+](=O)[O-])cc1. The van der Waals surface area contributed by atoms with Crippen LogP contribution in [0.2, 0.25) is 0 Å². The molecule has 308 valence electrons. The van der Waals surface area contributed by atoms with Crippen molar-refractivity contribution in [3.8, 4) is 5.75 Å². The van der Waals surface area contributed by atoms with Crippen molar-refractivity contribution in [2.24, 2.45) is 0 Å². The van der Waals surface area contributed by atoms with E-state index in [0.717, 1.165) is 12.8 Å². The fourth-order valence-corrected chi connectivity index (χ4v) is 5.23. The Morgan fingerprint density at radius 3 is 1.15 bits per heavy atom. The number of nitro groups is 1. The number of ether oxygens (including phenoxy) is 9. The second-order valence-corrected chi connectivity index (χ2v) is 12.8. The third-order valence-electron chi connectivity index (χ3n) is 8.25. The summed E-state index contributed by atoms with van der Waals surface area (Å²) in [5.41, 5.74) is 0.0258. The molecule has 1 rings (SSSR count). The Morgan fingerprint density at radius 1 is 0.472 bits per heavy atom. The Labute approximate surface area is 319 Å². The number of benzene rings is 1. The summed E-state index contributed by atoms with van der Waals surface area (Å²) in [6, 6.07) is 5.92. The van der Waals surface area contributed by atoms with E-state index in [9.17, 15) is 14.9 Å². The first-order chi connectivity index (χ1) is 26.1. The van der Waals surface area contributed by atoms with Crippen molar-refractivity contribution in [1.82, 2.24) is 0 Å². The number of non-ortho nitro benzene ring substituents is 1. The summed E-state index contributed by atoms with van der Waals surface area (Å²) in [5, 5.41) is 10.7. The fourth-order valence-electron chi connectivity index (χ4n) is 5.23. The highest BCUT2D eigenvalue weighted by molar-refractivity contribution is 5.69. The van der Waals surface area contributed by atoms with E-state index in [0.29, 0.717) is 111 Å². The van der Waals surface area contributed by atoms with Gasteiger partial charge >= 0.3 is 5.97 Å². The van der Waals surface area contributed by atoms with Crippen LogP contribution >= 0.6 is 0 Å². The summed E-state index contributed by atoms with van der Waals surface area (Å²) in [6.07, 6.45) is 20.1. The first kappa shape index (κ1) is 48.6. The Bertz CT molecular complexity index is 937. The minimum Gasteiger partial charge on any atom is -0.491 e. The molecule has 13 heteroatoms. The van der Waals surface area contributed by atoms with Crippen LogP contribution < -0.4 is 4.74 Å².